The monoisotopic (exact) mass is 250 g/mol. The van der Waals surface area contributed by atoms with Gasteiger partial charge in [0, 0.05) is 45.0 Å². The van der Waals surface area contributed by atoms with E-state index in [9.17, 15) is 4.79 Å². The molecule has 0 spiro atoms. The molecule has 2 rings (SSSR count). The molecular weight excluding hydrogens is 228 g/mol. The summed E-state index contributed by atoms with van der Waals surface area (Å²) in [5, 5.41) is 3.31. The molecule has 1 aliphatic rings. The Kier molecular flexibility index (Phi) is 4.75. The summed E-state index contributed by atoms with van der Waals surface area (Å²) in [5.41, 5.74) is 0. The molecule has 1 saturated heterocycles. The molecular formula is C13H22N4O. The van der Waals surface area contributed by atoms with Crippen LogP contribution in [0.2, 0.25) is 0 Å². The zero-order chi connectivity index (χ0) is 12.8. The Labute approximate surface area is 108 Å². The van der Waals surface area contributed by atoms with Crippen molar-refractivity contribution in [3.63, 3.8) is 0 Å². The minimum absolute atomic E-state index is 0.288. The molecule has 0 saturated carbocycles. The predicted octanol–water partition coefficient (Wildman–Crippen LogP) is 0.794. The molecule has 2 heterocycles. The van der Waals surface area contributed by atoms with E-state index < -0.39 is 0 Å². The fraction of sp³-hybridized carbons (Fsp3) is 0.692. The van der Waals surface area contributed by atoms with E-state index in [0.717, 1.165) is 51.4 Å². The van der Waals surface area contributed by atoms with Gasteiger partial charge in [0.1, 0.15) is 5.82 Å². The summed E-state index contributed by atoms with van der Waals surface area (Å²) in [4.78, 5) is 18.2. The molecule has 100 valence electrons. The number of nitrogens with zero attached hydrogens (tertiary/aromatic N) is 3. The maximum Gasteiger partial charge on any atom is 0.222 e. The summed E-state index contributed by atoms with van der Waals surface area (Å²) in [6, 6.07) is 0. The first kappa shape index (κ1) is 13.1. The van der Waals surface area contributed by atoms with Crippen molar-refractivity contribution in [1.82, 2.24) is 19.8 Å². The van der Waals surface area contributed by atoms with E-state index >= 15 is 0 Å². The molecule has 0 radical (unpaired) electrons. The van der Waals surface area contributed by atoms with Crippen LogP contribution in [0.5, 0.6) is 0 Å². The average molecular weight is 250 g/mol. The van der Waals surface area contributed by atoms with Gasteiger partial charge in [-0.2, -0.15) is 0 Å². The Morgan fingerprint density at radius 3 is 3.11 bits per heavy atom. The van der Waals surface area contributed by atoms with Crippen LogP contribution in [0.3, 0.4) is 0 Å². The fourth-order valence-corrected chi connectivity index (χ4v) is 2.29. The van der Waals surface area contributed by atoms with E-state index in [4.69, 9.17) is 0 Å². The first-order chi connectivity index (χ1) is 8.77. The van der Waals surface area contributed by atoms with Gasteiger partial charge in [0.05, 0.1) is 0 Å². The average Bonchev–Trinajstić information content (AvgIpc) is 2.64. The van der Waals surface area contributed by atoms with Crippen LogP contribution in [0, 0.1) is 6.92 Å². The third kappa shape index (κ3) is 3.57. The van der Waals surface area contributed by atoms with E-state index in [-0.39, 0.29) is 5.91 Å². The van der Waals surface area contributed by atoms with Crippen LogP contribution in [0.15, 0.2) is 12.4 Å². The first-order valence-electron chi connectivity index (χ1n) is 6.73. The second-order valence-electron chi connectivity index (χ2n) is 4.76. The summed E-state index contributed by atoms with van der Waals surface area (Å²) in [5.74, 6) is 1.30. The SMILES string of the molecule is Cc1nccn1CCCC(=O)N1CCCNCC1. The van der Waals surface area contributed by atoms with Crippen LogP contribution >= 0.6 is 0 Å². The lowest BCUT2D eigenvalue weighted by Crippen LogP contribution is -2.34. The zero-order valence-electron chi connectivity index (χ0n) is 11.1. The second kappa shape index (κ2) is 6.54. The summed E-state index contributed by atoms with van der Waals surface area (Å²) < 4.78 is 2.09. The first-order valence-corrected chi connectivity index (χ1v) is 6.73. The minimum Gasteiger partial charge on any atom is -0.341 e. The van der Waals surface area contributed by atoms with Crippen molar-refractivity contribution in [1.29, 1.82) is 0 Å². The maximum absolute atomic E-state index is 12.0. The number of nitrogens with one attached hydrogen (secondary N) is 1. The Morgan fingerprint density at radius 2 is 2.33 bits per heavy atom. The van der Waals surface area contributed by atoms with Crippen LogP contribution < -0.4 is 5.32 Å². The molecule has 18 heavy (non-hydrogen) atoms. The summed E-state index contributed by atoms with van der Waals surface area (Å²) in [6.45, 7) is 6.56. The quantitative estimate of drug-likeness (QED) is 0.859. The molecule has 1 aromatic heterocycles. The number of hydrogen-bond donors (Lipinski definition) is 1. The Bertz CT molecular complexity index is 380. The summed E-state index contributed by atoms with van der Waals surface area (Å²) in [6.07, 6.45) is 6.36. The summed E-state index contributed by atoms with van der Waals surface area (Å²) in [7, 11) is 0. The second-order valence-corrected chi connectivity index (χ2v) is 4.76. The molecule has 0 aromatic carbocycles. The number of amides is 1. The lowest BCUT2D eigenvalue weighted by Gasteiger charge is -2.19. The third-order valence-electron chi connectivity index (χ3n) is 3.41. The molecule has 0 aliphatic carbocycles. The smallest absolute Gasteiger partial charge is 0.222 e. The van der Waals surface area contributed by atoms with E-state index in [2.05, 4.69) is 14.9 Å². The molecule has 1 N–H and O–H groups in total. The number of carbonyl (C=O) groups excluding carboxylic acids is 1. The number of rotatable bonds is 4. The minimum atomic E-state index is 0.288. The number of aromatic nitrogens is 2. The highest BCUT2D eigenvalue weighted by Crippen LogP contribution is 2.04. The summed E-state index contributed by atoms with van der Waals surface area (Å²) >= 11 is 0. The molecule has 1 fully saturated rings. The number of imidazole rings is 1. The lowest BCUT2D eigenvalue weighted by molar-refractivity contribution is -0.131. The molecule has 5 heteroatoms. The van der Waals surface area contributed by atoms with Crippen LogP contribution in [-0.2, 0) is 11.3 Å². The van der Waals surface area contributed by atoms with Gasteiger partial charge in [-0.05, 0) is 26.3 Å². The van der Waals surface area contributed by atoms with Gasteiger partial charge in [-0.25, -0.2) is 4.98 Å². The zero-order valence-corrected chi connectivity index (χ0v) is 11.1. The highest BCUT2D eigenvalue weighted by molar-refractivity contribution is 5.76. The van der Waals surface area contributed by atoms with Crippen molar-refractivity contribution in [2.75, 3.05) is 26.2 Å². The van der Waals surface area contributed by atoms with E-state index in [0.29, 0.717) is 6.42 Å². The van der Waals surface area contributed by atoms with E-state index in [1.165, 1.54) is 0 Å². The van der Waals surface area contributed by atoms with Gasteiger partial charge in [-0.1, -0.05) is 0 Å². The largest absolute Gasteiger partial charge is 0.341 e. The highest BCUT2D eigenvalue weighted by atomic mass is 16.2. The van der Waals surface area contributed by atoms with Crippen molar-refractivity contribution in [3.8, 4) is 0 Å². The number of hydrogen-bond acceptors (Lipinski definition) is 3. The van der Waals surface area contributed by atoms with Crippen LogP contribution in [0.25, 0.3) is 0 Å². The predicted molar refractivity (Wildman–Crippen MR) is 70.3 cm³/mol. The Balaban J connectivity index is 1.72. The van der Waals surface area contributed by atoms with E-state index in [1.807, 2.05) is 18.0 Å². The Hall–Kier alpha value is -1.36. The normalized spacial score (nSPS) is 16.6. The van der Waals surface area contributed by atoms with E-state index in [1.54, 1.807) is 6.20 Å². The van der Waals surface area contributed by atoms with Crippen molar-refractivity contribution in [2.45, 2.75) is 32.7 Å². The fourth-order valence-electron chi connectivity index (χ4n) is 2.29. The lowest BCUT2D eigenvalue weighted by atomic mass is 10.2. The van der Waals surface area contributed by atoms with Crippen molar-refractivity contribution >= 4 is 5.91 Å². The van der Waals surface area contributed by atoms with Crippen LogP contribution in [0.1, 0.15) is 25.1 Å². The number of aryl methyl sites for hydroxylation is 2. The van der Waals surface area contributed by atoms with Gasteiger partial charge < -0.3 is 14.8 Å². The van der Waals surface area contributed by atoms with Crippen molar-refractivity contribution in [2.24, 2.45) is 0 Å². The number of carbonyl (C=O) groups is 1. The highest BCUT2D eigenvalue weighted by Gasteiger charge is 2.14. The van der Waals surface area contributed by atoms with Gasteiger partial charge in [0.15, 0.2) is 0 Å². The van der Waals surface area contributed by atoms with Crippen molar-refractivity contribution < 1.29 is 4.79 Å². The molecule has 0 bridgehead atoms. The standard InChI is InChI=1S/C13H22N4O/c1-12-15-7-11-16(12)8-2-4-13(18)17-9-3-5-14-6-10-17/h7,11,14H,2-6,8-10H2,1H3. The molecule has 0 unspecified atom stereocenters. The van der Waals surface area contributed by atoms with Gasteiger partial charge in [-0.3, -0.25) is 4.79 Å². The van der Waals surface area contributed by atoms with Crippen LogP contribution in [0.4, 0.5) is 0 Å². The van der Waals surface area contributed by atoms with Crippen LogP contribution in [-0.4, -0.2) is 46.5 Å². The van der Waals surface area contributed by atoms with Gasteiger partial charge >= 0.3 is 0 Å². The third-order valence-corrected chi connectivity index (χ3v) is 3.41. The molecule has 0 atom stereocenters. The van der Waals surface area contributed by atoms with Crippen molar-refractivity contribution in [3.05, 3.63) is 18.2 Å². The molecule has 1 aromatic rings. The molecule has 1 aliphatic heterocycles. The Morgan fingerprint density at radius 1 is 1.44 bits per heavy atom. The maximum atomic E-state index is 12.0. The van der Waals surface area contributed by atoms with Gasteiger partial charge in [0.25, 0.3) is 0 Å². The van der Waals surface area contributed by atoms with Gasteiger partial charge in [0.2, 0.25) is 5.91 Å². The molecule has 1 amide bonds. The van der Waals surface area contributed by atoms with Gasteiger partial charge in [-0.15, -0.1) is 0 Å². The topological polar surface area (TPSA) is 50.2 Å². The molecule has 5 nitrogen and oxygen atoms in total.